The Kier molecular flexibility index (Phi) is 3.20. The molecule has 0 fully saturated rings. The molecule has 1 unspecified atom stereocenters. The molecule has 0 saturated carbocycles. The van der Waals surface area contributed by atoms with Crippen LogP contribution in [0.1, 0.15) is 17.2 Å². The Morgan fingerprint density at radius 3 is 2.71 bits per heavy atom. The topological polar surface area (TPSA) is 86.9 Å². The van der Waals surface area contributed by atoms with Crippen LogP contribution in [0.15, 0.2) is 42.7 Å². The first-order valence-corrected chi connectivity index (χ1v) is 5.28. The summed E-state index contributed by atoms with van der Waals surface area (Å²) in [6, 6.07) is 9.12. The van der Waals surface area contributed by atoms with E-state index < -0.39 is 11.9 Å². The first-order chi connectivity index (χ1) is 8.16. The van der Waals surface area contributed by atoms with E-state index in [1.807, 2.05) is 30.3 Å². The van der Waals surface area contributed by atoms with Gasteiger partial charge in [0.25, 0.3) is 0 Å². The number of carbonyl (C=O) groups is 1. The van der Waals surface area contributed by atoms with Gasteiger partial charge in [0, 0.05) is 11.8 Å². The van der Waals surface area contributed by atoms with Crippen molar-refractivity contribution in [3.05, 3.63) is 53.9 Å². The van der Waals surface area contributed by atoms with Gasteiger partial charge in [0.05, 0.1) is 12.7 Å². The summed E-state index contributed by atoms with van der Waals surface area (Å²) < 4.78 is 1.73. The smallest absolute Gasteiger partial charge is 0.239 e. The number of benzene rings is 1. The zero-order valence-corrected chi connectivity index (χ0v) is 9.28. The van der Waals surface area contributed by atoms with Crippen LogP contribution in [0.5, 0.6) is 0 Å². The fourth-order valence-corrected chi connectivity index (χ4v) is 1.56. The fourth-order valence-electron chi connectivity index (χ4n) is 1.56. The van der Waals surface area contributed by atoms with Crippen molar-refractivity contribution in [2.45, 2.75) is 12.6 Å². The molecule has 0 spiro atoms. The summed E-state index contributed by atoms with van der Waals surface area (Å²) in [6.45, 7) is 0.645. The van der Waals surface area contributed by atoms with Crippen LogP contribution in [-0.4, -0.2) is 15.7 Å². The number of carbonyl (C=O) groups excluding carboxylic acids is 1. The second kappa shape index (κ2) is 4.80. The normalized spacial score (nSPS) is 12.3. The van der Waals surface area contributed by atoms with Crippen LogP contribution in [0.3, 0.4) is 0 Å². The van der Waals surface area contributed by atoms with E-state index in [-0.39, 0.29) is 0 Å². The number of hydrogen-bond acceptors (Lipinski definition) is 3. The zero-order chi connectivity index (χ0) is 12.3. The van der Waals surface area contributed by atoms with E-state index in [4.69, 9.17) is 11.5 Å². The third kappa shape index (κ3) is 2.70. The van der Waals surface area contributed by atoms with Gasteiger partial charge in [0.15, 0.2) is 0 Å². The van der Waals surface area contributed by atoms with Gasteiger partial charge in [0.1, 0.15) is 6.04 Å². The minimum absolute atomic E-state index is 0.552. The van der Waals surface area contributed by atoms with Crippen molar-refractivity contribution in [3.8, 4) is 0 Å². The maximum Gasteiger partial charge on any atom is 0.239 e. The molecule has 1 amide bonds. The van der Waals surface area contributed by atoms with Gasteiger partial charge >= 0.3 is 0 Å². The Morgan fingerprint density at radius 2 is 2.06 bits per heavy atom. The Hall–Kier alpha value is -2.14. The lowest BCUT2D eigenvalue weighted by Gasteiger charge is -2.03. The monoisotopic (exact) mass is 230 g/mol. The molecular formula is C12H14N4O. The van der Waals surface area contributed by atoms with E-state index in [0.717, 1.165) is 5.56 Å². The molecule has 5 heteroatoms. The number of nitrogens with two attached hydrogens (primary N) is 2. The van der Waals surface area contributed by atoms with E-state index in [1.54, 1.807) is 17.1 Å². The van der Waals surface area contributed by atoms with E-state index in [9.17, 15) is 4.79 Å². The van der Waals surface area contributed by atoms with Gasteiger partial charge in [-0.1, -0.05) is 30.3 Å². The highest BCUT2D eigenvalue weighted by atomic mass is 16.1. The molecule has 2 aromatic rings. The maximum absolute atomic E-state index is 10.9. The quantitative estimate of drug-likeness (QED) is 0.797. The van der Waals surface area contributed by atoms with Gasteiger partial charge in [-0.25, -0.2) is 0 Å². The third-order valence-corrected chi connectivity index (χ3v) is 2.51. The van der Waals surface area contributed by atoms with Gasteiger partial charge in [-0.05, 0) is 5.56 Å². The molecule has 1 heterocycles. The van der Waals surface area contributed by atoms with Crippen molar-refractivity contribution in [3.63, 3.8) is 0 Å². The van der Waals surface area contributed by atoms with Crippen molar-refractivity contribution in [2.75, 3.05) is 0 Å². The molecule has 2 rings (SSSR count). The van der Waals surface area contributed by atoms with Crippen LogP contribution in [0.2, 0.25) is 0 Å². The first-order valence-electron chi connectivity index (χ1n) is 5.28. The van der Waals surface area contributed by atoms with Crippen LogP contribution in [0, 0.1) is 0 Å². The van der Waals surface area contributed by atoms with E-state index in [1.165, 1.54) is 0 Å². The third-order valence-electron chi connectivity index (χ3n) is 2.51. The van der Waals surface area contributed by atoms with Crippen molar-refractivity contribution in [1.29, 1.82) is 0 Å². The molecule has 0 aliphatic carbocycles. The van der Waals surface area contributed by atoms with E-state index >= 15 is 0 Å². The average Bonchev–Trinajstić information content (AvgIpc) is 2.77. The molecule has 0 aliphatic rings. The van der Waals surface area contributed by atoms with Crippen molar-refractivity contribution in [2.24, 2.45) is 11.5 Å². The summed E-state index contributed by atoms with van der Waals surface area (Å²) in [6.07, 6.45) is 3.31. The molecule has 4 N–H and O–H groups in total. The molecule has 1 atom stereocenters. The summed E-state index contributed by atoms with van der Waals surface area (Å²) in [7, 11) is 0. The maximum atomic E-state index is 10.9. The Bertz CT molecular complexity index is 506. The molecule has 0 saturated heterocycles. The first kappa shape index (κ1) is 11.3. The number of aromatic nitrogens is 2. The van der Waals surface area contributed by atoms with Gasteiger partial charge in [0.2, 0.25) is 5.91 Å². The largest absolute Gasteiger partial charge is 0.368 e. The number of hydrogen-bond donors (Lipinski definition) is 2. The SMILES string of the molecule is NC(=O)C(N)c1cnn(Cc2ccccc2)c1. The predicted molar refractivity (Wildman–Crippen MR) is 63.9 cm³/mol. The lowest BCUT2D eigenvalue weighted by Crippen LogP contribution is -2.27. The summed E-state index contributed by atoms with van der Waals surface area (Å²) in [4.78, 5) is 10.9. The van der Waals surface area contributed by atoms with Gasteiger partial charge in [-0.3, -0.25) is 9.48 Å². The molecule has 0 aliphatic heterocycles. The second-order valence-corrected chi connectivity index (χ2v) is 3.84. The molecular weight excluding hydrogens is 216 g/mol. The highest BCUT2D eigenvalue weighted by molar-refractivity contribution is 5.80. The number of amides is 1. The molecule has 0 bridgehead atoms. The minimum atomic E-state index is -0.792. The summed E-state index contributed by atoms with van der Waals surface area (Å²) in [5, 5.41) is 4.14. The summed E-state index contributed by atoms with van der Waals surface area (Å²) >= 11 is 0. The average molecular weight is 230 g/mol. The lowest BCUT2D eigenvalue weighted by atomic mass is 10.2. The highest BCUT2D eigenvalue weighted by Gasteiger charge is 2.13. The predicted octanol–water partition coefficient (Wildman–Crippen LogP) is 0.417. The minimum Gasteiger partial charge on any atom is -0.368 e. The Morgan fingerprint density at radius 1 is 1.35 bits per heavy atom. The second-order valence-electron chi connectivity index (χ2n) is 3.84. The van der Waals surface area contributed by atoms with Crippen molar-refractivity contribution >= 4 is 5.91 Å². The Balaban J connectivity index is 2.11. The standard InChI is InChI=1S/C12H14N4O/c13-11(12(14)17)10-6-15-16(8-10)7-9-4-2-1-3-5-9/h1-6,8,11H,7,13H2,(H2,14,17). The van der Waals surface area contributed by atoms with Crippen molar-refractivity contribution < 1.29 is 4.79 Å². The van der Waals surface area contributed by atoms with Crippen LogP contribution >= 0.6 is 0 Å². The molecule has 0 radical (unpaired) electrons. The molecule has 88 valence electrons. The number of nitrogens with zero attached hydrogens (tertiary/aromatic N) is 2. The number of primary amides is 1. The lowest BCUT2D eigenvalue weighted by molar-refractivity contribution is -0.119. The summed E-state index contributed by atoms with van der Waals surface area (Å²) in [5.74, 6) is -0.552. The number of rotatable bonds is 4. The molecule has 17 heavy (non-hydrogen) atoms. The van der Waals surface area contributed by atoms with E-state index in [2.05, 4.69) is 5.10 Å². The molecule has 1 aromatic heterocycles. The summed E-state index contributed by atoms with van der Waals surface area (Å²) in [5.41, 5.74) is 12.5. The van der Waals surface area contributed by atoms with Gasteiger partial charge < -0.3 is 11.5 Å². The fraction of sp³-hybridized carbons (Fsp3) is 0.167. The van der Waals surface area contributed by atoms with Crippen molar-refractivity contribution in [1.82, 2.24) is 9.78 Å². The van der Waals surface area contributed by atoms with Gasteiger partial charge in [-0.2, -0.15) is 5.10 Å². The van der Waals surface area contributed by atoms with Crippen LogP contribution < -0.4 is 11.5 Å². The molecule has 5 nitrogen and oxygen atoms in total. The van der Waals surface area contributed by atoms with Crippen LogP contribution in [0.25, 0.3) is 0 Å². The highest BCUT2D eigenvalue weighted by Crippen LogP contribution is 2.09. The molecule has 1 aromatic carbocycles. The van der Waals surface area contributed by atoms with Gasteiger partial charge in [-0.15, -0.1) is 0 Å². The van der Waals surface area contributed by atoms with E-state index in [0.29, 0.717) is 12.1 Å². The van der Waals surface area contributed by atoms with Crippen LogP contribution in [-0.2, 0) is 11.3 Å². The Labute approximate surface area is 99.0 Å². The van der Waals surface area contributed by atoms with Crippen LogP contribution in [0.4, 0.5) is 0 Å². The zero-order valence-electron chi connectivity index (χ0n) is 9.28.